The van der Waals surface area contributed by atoms with Crippen molar-refractivity contribution in [3.8, 4) is 11.3 Å². The number of aromatic nitrogens is 2. The number of hydrogen-bond acceptors (Lipinski definition) is 5. The Balaban J connectivity index is 1.42. The zero-order valence-electron chi connectivity index (χ0n) is 15.4. The lowest BCUT2D eigenvalue weighted by Gasteiger charge is -2.33. The van der Waals surface area contributed by atoms with Crippen LogP contribution in [0.5, 0.6) is 0 Å². The summed E-state index contributed by atoms with van der Waals surface area (Å²) in [6, 6.07) is 13.4. The van der Waals surface area contributed by atoms with Crippen molar-refractivity contribution in [2.24, 2.45) is 0 Å². The van der Waals surface area contributed by atoms with Gasteiger partial charge in [0.2, 0.25) is 0 Å². The number of benzene rings is 2. The van der Waals surface area contributed by atoms with Crippen LogP contribution in [0.25, 0.3) is 22.2 Å². The topological polar surface area (TPSA) is 84.2 Å². The molecule has 1 aromatic heterocycles. The number of nitrogens with two attached hydrogens (primary N) is 1. The first kappa shape index (κ1) is 19.1. The maximum absolute atomic E-state index is 12.3. The lowest BCUT2D eigenvalue weighted by molar-refractivity contribution is -0.205. The molecule has 29 heavy (non-hydrogen) atoms. The zero-order valence-corrected chi connectivity index (χ0v) is 15.4. The molecule has 1 fully saturated rings. The molecule has 152 valence electrons. The number of nitrogen functional groups attached to an aromatic ring is 1. The number of anilines is 2. The molecular formula is C20H19F3N4O2. The van der Waals surface area contributed by atoms with Gasteiger partial charge in [-0.05, 0) is 30.3 Å². The van der Waals surface area contributed by atoms with Gasteiger partial charge in [-0.25, -0.2) is 4.79 Å². The van der Waals surface area contributed by atoms with Gasteiger partial charge in [-0.15, -0.1) is 0 Å². The molecular weight excluding hydrogens is 385 g/mol. The number of aromatic amines is 1. The summed E-state index contributed by atoms with van der Waals surface area (Å²) in [6.07, 6.45) is -4.95. The fourth-order valence-electron chi connectivity index (χ4n) is 3.53. The van der Waals surface area contributed by atoms with Gasteiger partial charge in [-0.3, -0.25) is 5.10 Å². The Morgan fingerprint density at radius 1 is 1.14 bits per heavy atom. The quantitative estimate of drug-likeness (QED) is 0.511. The maximum atomic E-state index is 12.3. The number of fused-ring (bicyclic) bond motifs is 1. The summed E-state index contributed by atoms with van der Waals surface area (Å²) in [4.78, 5) is 13.0. The second-order valence-corrected chi connectivity index (χ2v) is 7.01. The van der Waals surface area contributed by atoms with Crippen molar-refractivity contribution in [1.29, 1.82) is 0 Å². The van der Waals surface area contributed by atoms with Gasteiger partial charge in [-0.2, -0.15) is 18.3 Å². The molecule has 2 aromatic carbocycles. The lowest BCUT2D eigenvalue weighted by atomic mass is 10.0. The highest BCUT2D eigenvalue weighted by Crippen LogP contribution is 2.30. The van der Waals surface area contributed by atoms with E-state index >= 15 is 0 Å². The minimum atomic E-state index is -4.95. The number of H-pyrrole nitrogens is 1. The van der Waals surface area contributed by atoms with E-state index in [0.717, 1.165) is 27.8 Å². The average Bonchev–Trinajstić information content (AvgIpc) is 3.11. The monoisotopic (exact) mass is 404 g/mol. The highest BCUT2D eigenvalue weighted by molar-refractivity contribution is 5.94. The van der Waals surface area contributed by atoms with Crippen LogP contribution in [0.4, 0.5) is 24.5 Å². The molecule has 0 spiro atoms. The number of esters is 1. The summed E-state index contributed by atoms with van der Waals surface area (Å²) in [5.41, 5.74) is 10.1. The Labute approximate surface area is 164 Å². The van der Waals surface area contributed by atoms with Gasteiger partial charge in [0.25, 0.3) is 0 Å². The van der Waals surface area contributed by atoms with Gasteiger partial charge in [0.05, 0.1) is 11.2 Å². The van der Waals surface area contributed by atoms with Crippen molar-refractivity contribution >= 4 is 28.2 Å². The van der Waals surface area contributed by atoms with Crippen molar-refractivity contribution in [1.82, 2.24) is 10.2 Å². The van der Waals surface area contributed by atoms with Gasteiger partial charge >= 0.3 is 12.1 Å². The number of carbonyl (C=O) groups excluding carboxylic acids is 1. The molecule has 0 saturated carbocycles. The maximum Gasteiger partial charge on any atom is 0.490 e. The third-order valence-corrected chi connectivity index (χ3v) is 5.04. The molecule has 0 amide bonds. The van der Waals surface area contributed by atoms with Crippen LogP contribution in [0.15, 0.2) is 42.5 Å². The van der Waals surface area contributed by atoms with Crippen molar-refractivity contribution in [3.05, 3.63) is 42.5 Å². The van der Waals surface area contributed by atoms with E-state index in [4.69, 9.17) is 5.73 Å². The van der Waals surface area contributed by atoms with Gasteiger partial charge < -0.3 is 15.4 Å². The number of hydrogen-bond donors (Lipinski definition) is 2. The fraction of sp³-hybridized carbons (Fsp3) is 0.300. The van der Waals surface area contributed by atoms with E-state index in [2.05, 4.69) is 19.8 Å². The van der Waals surface area contributed by atoms with Crippen molar-refractivity contribution in [2.75, 3.05) is 23.7 Å². The summed E-state index contributed by atoms with van der Waals surface area (Å²) in [5.74, 6) is -2.12. The molecule has 6 nitrogen and oxygen atoms in total. The molecule has 0 bridgehead atoms. The highest BCUT2D eigenvalue weighted by Gasteiger charge is 2.42. The van der Waals surface area contributed by atoms with Crippen LogP contribution in [0, 0.1) is 0 Å². The molecule has 1 aliphatic heterocycles. The first-order valence-electron chi connectivity index (χ1n) is 9.18. The van der Waals surface area contributed by atoms with E-state index in [1.165, 1.54) is 0 Å². The molecule has 4 rings (SSSR count). The molecule has 9 heteroatoms. The summed E-state index contributed by atoms with van der Waals surface area (Å²) < 4.78 is 41.5. The van der Waals surface area contributed by atoms with Crippen molar-refractivity contribution in [3.63, 3.8) is 0 Å². The number of carbonyl (C=O) groups is 1. The smallest absolute Gasteiger partial charge is 0.456 e. The van der Waals surface area contributed by atoms with E-state index in [1.807, 2.05) is 42.5 Å². The van der Waals surface area contributed by atoms with E-state index in [0.29, 0.717) is 31.6 Å². The van der Waals surface area contributed by atoms with Crippen LogP contribution >= 0.6 is 0 Å². The van der Waals surface area contributed by atoms with Crippen molar-refractivity contribution < 1.29 is 22.7 Å². The Morgan fingerprint density at radius 2 is 1.83 bits per heavy atom. The number of piperidine rings is 1. The average molecular weight is 404 g/mol. The number of halogens is 3. The van der Waals surface area contributed by atoms with Crippen molar-refractivity contribution in [2.45, 2.75) is 25.1 Å². The SMILES string of the molecule is Nc1ccc2[nH]nc(-c3ccc(N4CCC(OC(=O)C(F)(F)F)CC4)cc3)c2c1. The summed E-state index contributed by atoms with van der Waals surface area (Å²) in [5, 5.41) is 8.29. The predicted octanol–water partition coefficient (Wildman–Crippen LogP) is 3.89. The lowest BCUT2D eigenvalue weighted by Crippen LogP contribution is -2.40. The standard InChI is InChI=1S/C20H19F3N4O2/c21-20(22,23)19(28)29-15-7-9-27(10-8-15)14-4-1-12(2-5-14)18-16-11-13(24)3-6-17(16)25-26-18/h1-6,11,15H,7-10,24H2,(H,25,26). The van der Waals surface area contributed by atoms with Crippen LogP contribution < -0.4 is 10.6 Å². The summed E-state index contributed by atoms with van der Waals surface area (Å²) in [6.45, 7) is 1.02. The minimum Gasteiger partial charge on any atom is -0.456 e. The van der Waals surface area contributed by atoms with Crippen LogP contribution in [0.3, 0.4) is 0 Å². The largest absolute Gasteiger partial charge is 0.490 e. The minimum absolute atomic E-state index is 0.354. The molecule has 0 radical (unpaired) electrons. The highest BCUT2D eigenvalue weighted by atomic mass is 19.4. The number of nitrogens with one attached hydrogen (secondary N) is 1. The van der Waals surface area contributed by atoms with E-state index in [1.54, 1.807) is 0 Å². The second kappa shape index (κ2) is 7.31. The number of ether oxygens (including phenoxy) is 1. The number of rotatable bonds is 3. The van der Waals surface area contributed by atoms with Gasteiger partial charge in [0.15, 0.2) is 0 Å². The van der Waals surface area contributed by atoms with E-state index < -0.39 is 18.2 Å². The Hall–Kier alpha value is -3.23. The Kier molecular flexibility index (Phi) is 4.81. The molecule has 1 aliphatic rings. The number of alkyl halides is 3. The molecule has 3 aromatic rings. The van der Waals surface area contributed by atoms with E-state index in [-0.39, 0.29) is 0 Å². The first-order chi connectivity index (χ1) is 13.8. The molecule has 2 heterocycles. The predicted molar refractivity (Wildman–Crippen MR) is 103 cm³/mol. The molecule has 1 saturated heterocycles. The third-order valence-electron chi connectivity index (χ3n) is 5.04. The second-order valence-electron chi connectivity index (χ2n) is 7.01. The summed E-state index contributed by atoms with van der Waals surface area (Å²) >= 11 is 0. The van der Waals surface area contributed by atoms with Crippen LogP contribution in [-0.4, -0.2) is 41.5 Å². The normalized spacial score (nSPS) is 15.6. The molecule has 0 aliphatic carbocycles. The summed E-state index contributed by atoms with van der Waals surface area (Å²) in [7, 11) is 0. The fourth-order valence-corrected chi connectivity index (χ4v) is 3.53. The van der Waals surface area contributed by atoms with Gasteiger partial charge in [-0.1, -0.05) is 12.1 Å². The zero-order chi connectivity index (χ0) is 20.6. The first-order valence-corrected chi connectivity index (χ1v) is 9.18. The Morgan fingerprint density at radius 3 is 2.48 bits per heavy atom. The van der Waals surface area contributed by atoms with E-state index in [9.17, 15) is 18.0 Å². The number of nitrogens with zero attached hydrogens (tertiary/aromatic N) is 2. The van der Waals surface area contributed by atoms with Gasteiger partial charge in [0.1, 0.15) is 6.10 Å². The molecule has 0 unspecified atom stereocenters. The molecule has 3 N–H and O–H groups in total. The van der Waals surface area contributed by atoms with Crippen LogP contribution in [0.1, 0.15) is 12.8 Å². The molecule has 0 atom stereocenters. The van der Waals surface area contributed by atoms with Gasteiger partial charge in [0, 0.05) is 48.3 Å². The Bertz CT molecular complexity index is 1020. The van der Waals surface area contributed by atoms with Crippen LogP contribution in [-0.2, 0) is 9.53 Å². The van der Waals surface area contributed by atoms with Crippen LogP contribution in [0.2, 0.25) is 0 Å². The third kappa shape index (κ3) is 3.98.